The molecule has 2 aromatic heterocycles. The summed E-state index contributed by atoms with van der Waals surface area (Å²) in [6.07, 6.45) is 4.95. The molecule has 12 nitrogen and oxygen atoms in total. The number of fused-ring (bicyclic) bond motifs is 1. The lowest BCUT2D eigenvalue weighted by molar-refractivity contribution is 0.0209. The maximum Gasteiger partial charge on any atom is 0.270 e. The van der Waals surface area contributed by atoms with E-state index in [-0.39, 0.29) is 18.5 Å². The number of benzene rings is 1. The second-order valence-corrected chi connectivity index (χ2v) is 11.7. The molecule has 1 aromatic carbocycles. The van der Waals surface area contributed by atoms with Gasteiger partial charge in [-0.1, -0.05) is 6.07 Å². The molecule has 3 aromatic rings. The van der Waals surface area contributed by atoms with Crippen LogP contribution in [0.5, 0.6) is 5.75 Å². The van der Waals surface area contributed by atoms with Crippen LogP contribution in [0.25, 0.3) is 0 Å². The van der Waals surface area contributed by atoms with Gasteiger partial charge in [0.2, 0.25) is 5.95 Å². The van der Waals surface area contributed by atoms with Gasteiger partial charge in [-0.25, -0.2) is 9.97 Å². The number of anilines is 2. The fourth-order valence-electron chi connectivity index (χ4n) is 5.85. The maximum absolute atomic E-state index is 13.2. The number of rotatable bonds is 11. The number of aryl methyl sites for hydroxylation is 1. The van der Waals surface area contributed by atoms with Crippen molar-refractivity contribution in [2.45, 2.75) is 64.8 Å². The Kier molecular flexibility index (Phi) is 9.06. The van der Waals surface area contributed by atoms with Crippen molar-refractivity contribution in [1.82, 2.24) is 25.2 Å². The molecule has 0 bridgehead atoms. The van der Waals surface area contributed by atoms with Crippen LogP contribution in [0.2, 0.25) is 0 Å². The number of carbonyl (C=O) groups is 1. The summed E-state index contributed by atoms with van der Waals surface area (Å²) < 4.78 is 16.7. The van der Waals surface area contributed by atoms with Gasteiger partial charge in [-0.2, -0.15) is 4.98 Å². The van der Waals surface area contributed by atoms with Crippen molar-refractivity contribution in [3.8, 4) is 5.75 Å². The number of piperidine rings is 1. The van der Waals surface area contributed by atoms with Gasteiger partial charge in [-0.15, -0.1) is 0 Å². The largest absolute Gasteiger partial charge is 0.485 e. The predicted molar refractivity (Wildman–Crippen MR) is 160 cm³/mol. The van der Waals surface area contributed by atoms with Crippen LogP contribution in [-0.4, -0.2) is 88.9 Å². The summed E-state index contributed by atoms with van der Waals surface area (Å²) >= 11 is 0. The van der Waals surface area contributed by atoms with Crippen LogP contribution in [0.1, 0.15) is 57.9 Å². The molecule has 0 radical (unpaired) electrons. The summed E-state index contributed by atoms with van der Waals surface area (Å²) in [5, 5.41) is 17.1. The van der Waals surface area contributed by atoms with E-state index in [0.29, 0.717) is 43.8 Å². The third-order valence-electron chi connectivity index (χ3n) is 8.46. The molecule has 12 heteroatoms. The lowest BCUT2D eigenvalue weighted by Gasteiger charge is -2.31. The molecular weight excluding hydrogens is 550 g/mol. The van der Waals surface area contributed by atoms with E-state index in [4.69, 9.17) is 13.9 Å². The van der Waals surface area contributed by atoms with Gasteiger partial charge in [-0.3, -0.25) is 9.69 Å². The number of ether oxygens (including phenoxy) is 2. The van der Waals surface area contributed by atoms with Crippen molar-refractivity contribution < 1.29 is 23.8 Å². The molecular formula is C31H41N7O5. The number of hydrogen-bond donors (Lipinski definition) is 3. The summed E-state index contributed by atoms with van der Waals surface area (Å²) in [7, 11) is 0. The number of nitrogens with zero attached hydrogens (tertiary/aromatic N) is 5. The number of aromatic nitrogens is 3. The van der Waals surface area contributed by atoms with Gasteiger partial charge >= 0.3 is 0 Å². The molecule has 3 N–H and O–H groups in total. The first-order chi connectivity index (χ1) is 20.9. The van der Waals surface area contributed by atoms with Crippen molar-refractivity contribution in [3.05, 3.63) is 58.4 Å². The summed E-state index contributed by atoms with van der Waals surface area (Å²) in [5.74, 6) is 2.45. The predicted octanol–water partition coefficient (Wildman–Crippen LogP) is 2.61. The Morgan fingerprint density at radius 1 is 1.16 bits per heavy atom. The smallest absolute Gasteiger partial charge is 0.270 e. The summed E-state index contributed by atoms with van der Waals surface area (Å²) in [6.45, 7) is 9.47. The zero-order valence-corrected chi connectivity index (χ0v) is 25.0. The molecule has 5 heterocycles. The Labute approximate surface area is 251 Å². The molecule has 3 aliphatic heterocycles. The van der Waals surface area contributed by atoms with E-state index in [1.165, 1.54) is 23.9 Å². The van der Waals surface area contributed by atoms with Crippen molar-refractivity contribution in [1.29, 1.82) is 0 Å². The van der Waals surface area contributed by atoms with Crippen LogP contribution in [0.4, 0.5) is 11.8 Å². The van der Waals surface area contributed by atoms with Gasteiger partial charge in [-0.05, 0) is 62.3 Å². The molecule has 6 rings (SSSR count). The van der Waals surface area contributed by atoms with Gasteiger partial charge in [0.15, 0.2) is 12.2 Å². The molecule has 3 aliphatic rings. The van der Waals surface area contributed by atoms with E-state index < -0.39 is 6.10 Å². The van der Waals surface area contributed by atoms with Gasteiger partial charge in [0, 0.05) is 45.3 Å². The van der Waals surface area contributed by atoms with E-state index in [2.05, 4.69) is 48.4 Å². The number of carbonyl (C=O) groups excluding carboxylic acids is 1. The molecule has 0 aliphatic carbocycles. The number of aliphatic hydroxyl groups excluding tert-OH is 1. The van der Waals surface area contributed by atoms with E-state index >= 15 is 0 Å². The topological polar surface area (TPSA) is 138 Å². The molecule has 230 valence electrons. The molecule has 1 atom stereocenters. The number of amides is 1. The first-order valence-electron chi connectivity index (χ1n) is 15.2. The van der Waals surface area contributed by atoms with Crippen molar-refractivity contribution >= 4 is 17.7 Å². The average molecular weight is 592 g/mol. The van der Waals surface area contributed by atoms with Crippen LogP contribution >= 0.6 is 0 Å². The first-order valence-corrected chi connectivity index (χ1v) is 15.2. The highest BCUT2D eigenvalue weighted by molar-refractivity contribution is 5.93. The van der Waals surface area contributed by atoms with Crippen LogP contribution < -0.4 is 20.3 Å². The monoisotopic (exact) mass is 591 g/mol. The number of hydrogen-bond acceptors (Lipinski definition) is 11. The van der Waals surface area contributed by atoms with Gasteiger partial charge in [0.05, 0.1) is 31.1 Å². The van der Waals surface area contributed by atoms with Gasteiger partial charge in [0.1, 0.15) is 23.9 Å². The molecule has 2 saturated heterocycles. The van der Waals surface area contributed by atoms with Crippen molar-refractivity contribution in [3.63, 3.8) is 0 Å². The number of aliphatic hydroxyl groups is 1. The summed E-state index contributed by atoms with van der Waals surface area (Å²) in [5.41, 5.74) is 4.78. The molecule has 0 spiro atoms. The maximum atomic E-state index is 13.2. The van der Waals surface area contributed by atoms with E-state index in [1.807, 2.05) is 13.0 Å². The first kappa shape index (κ1) is 29.3. The van der Waals surface area contributed by atoms with Gasteiger partial charge < -0.3 is 34.5 Å². The molecule has 43 heavy (non-hydrogen) atoms. The normalized spacial score (nSPS) is 18.1. The van der Waals surface area contributed by atoms with E-state index in [0.717, 1.165) is 68.2 Å². The Morgan fingerprint density at radius 2 is 2.00 bits per heavy atom. The lowest BCUT2D eigenvalue weighted by Crippen LogP contribution is -2.42. The minimum atomic E-state index is -0.715. The average Bonchev–Trinajstić information content (AvgIpc) is 3.42. The molecule has 0 saturated carbocycles. The highest BCUT2D eigenvalue weighted by atomic mass is 16.5. The van der Waals surface area contributed by atoms with E-state index in [1.54, 1.807) is 6.07 Å². The SMILES string of the molecule is Cc1ncoc1COc1ccc2c(c1C)CCN(C[C@@H](O)CNC(=O)c1cc(NC3COC3)nc(N3CCCCC3)n1)C2. The van der Waals surface area contributed by atoms with Crippen molar-refractivity contribution in [2.75, 3.05) is 56.2 Å². The fourth-order valence-corrected chi connectivity index (χ4v) is 5.85. The lowest BCUT2D eigenvalue weighted by atomic mass is 9.94. The van der Waals surface area contributed by atoms with Crippen molar-refractivity contribution in [2.24, 2.45) is 0 Å². The molecule has 2 fully saturated rings. The van der Waals surface area contributed by atoms with Crippen LogP contribution in [0.15, 0.2) is 29.0 Å². The second-order valence-electron chi connectivity index (χ2n) is 11.7. The summed E-state index contributed by atoms with van der Waals surface area (Å²) in [4.78, 5) is 30.9. The number of nitrogens with one attached hydrogen (secondary N) is 2. The Balaban J connectivity index is 1.03. The highest BCUT2D eigenvalue weighted by Gasteiger charge is 2.24. The Hall–Kier alpha value is -3.74. The number of β-amino-alcohol motifs (C(OH)–C–C–N with tert-alkyl or cyclic N) is 1. The number of oxazole rings is 1. The van der Waals surface area contributed by atoms with Crippen LogP contribution in [0, 0.1) is 13.8 Å². The minimum Gasteiger partial charge on any atom is -0.485 e. The van der Waals surface area contributed by atoms with Crippen LogP contribution in [-0.2, 0) is 24.3 Å². The van der Waals surface area contributed by atoms with Gasteiger partial charge in [0.25, 0.3) is 5.91 Å². The zero-order chi connectivity index (χ0) is 29.8. The Morgan fingerprint density at radius 3 is 2.74 bits per heavy atom. The standard InChI is InChI=1S/C31H41N7O5/c1-20-25-8-11-37(14-22(25)6-7-27(20)42-18-28-21(2)33-19-43-28)15-24(39)13-32-30(40)26-12-29(34-23-16-41-17-23)36-31(35-26)38-9-4-3-5-10-38/h6-7,12,19,23-24,39H,3-5,8-11,13-18H2,1-2H3,(H,32,40)(H,34,35,36)/t24-/m0/s1. The van der Waals surface area contributed by atoms with E-state index in [9.17, 15) is 9.90 Å². The fraction of sp³-hybridized carbons (Fsp3) is 0.548. The minimum absolute atomic E-state index is 0.136. The quantitative estimate of drug-likeness (QED) is 0.303. The summed E-state index contributed by atoms with van der Waals surface area (Å²) in [6, 6.07) is 5.97. The van der Waals surface area contributed by atoms with Crippen LogP contribution in [0.3, 0.4) is 0 Å². The molecule has 0 unspecified atom stereocenters. The molecule has 1 amide bonds. The Bertz CT molecular complexity index is 1420. The third-order valence-corrected chi connectivity index (χ3v) is 8.46. The highest BCUT2D eigenvalue weighted by Crippen LogP contribution is 2.30. The second kappa shape index (κ2) is 13.3. The third kappa shape index (κ3) is 7.09. The zero-order valence-electron chi connectivity index (χ0n) is 25.0.